The fourth-order valence-corrected chi connectivity index (χ4v) is 4.72. The summed E-state index contributed by atoms with van der Waals surface area (Å²) in [6, 6.07) is 20.5. The molecule has 7 heteroatoms. The van der Waals surface area contributed by atoms with Gasteiger partial charge in [-0.05, 0) is 60.9 Å². The molecule has 0 unspecified atom stereocenters. The van der Waals surface area contributed by atoms with Crippen LogP contribution in [0.5, 0.6) is 5.75 Å². The highest BCUT2D eigenvalue weighted by molar-refractivity contribution is 7.92. The van der Waals surface area contributed by atoms with Gasteiger partial charge in [0, 0.05) is 12.6 Å². The fourth-order valence-electron chi connectivity index (χ4n) is 3.51. The van der Waals surface area contributed by atoms with Gasteiger partial charge in [0.25, 0.3) is 15.9 Å². The van der Waals surface area contributed by atoms with E-state index in [-0.39, 0.29) is 16.8 Å². The summed E-state index contributed by atoms with van der Waals surface area (Å²) in [6.07, 6.45) is 0.708. The second-order valence-corrected chi connectivity index (χ2v) is 9.47. The number of ether oxygens (including phenoxy) is 1. The van der Waals surface area contributed by atoms with Crippen LogP contribution in [0.1, 0.15) is 40.9 Å². The van der Waals surface area contributed by atoms with E-state index >= 15 is 0 Å². The number of sulfonamides is 1. The van der Waals surface area contributed by atoms with Crippen LogP contribution < -0.4 is 14.4 Å². The summed E-state index contributed by atoms with van der Waals surface area (Å²) in [6.45, 7) is 3.96. The van der Waals surface area contributed by atoms with Gasteiger partial charge in [0.2, 0.25) is 0 Å². The Morgan fingerprint density at radius 3 is 2.38 bits per heavy atom. The van der Waals surface area contributed by atoms with Crippen LogP contribution in [-0.2, 0) is 10.0 Å². The molecule has 0 saturated heterocycles. The molecule has 3 rings (SSSR count). The third-order valence-electron chi connectivity index (χ3n) is 5.41. The van der Waals surface area contributed by atoms with Crippen molar-refractivity contribution in [1.82, 2.24) is 5.32 Å². The quantitative estimate of drug-likeness (QED) is 0.537. The number of carbonyl (C=O) groups is 1. The van der Waals surface area contributed by atoms with Crippen molar-refractivity contribution >= 4 is 21.6 Å². The minimum Gasteiger partial charge on any atom is -0.496 e. The molecule has 0 aliphatic heterocycles. The Hall–Kier alpha value is -3.32. The SMILES string of the molecule is CC[C@H](NC(=O)c1cccc(N(C)S(=O)(=O)c2ccccc2)c1)c1ccc(OC)c(C)c1. The van der Waals surface area contributed by atoms with Gasteiger partial charge in [0.05, 0.1) is 23.7 Å². The predicted octanol–water partition coefficient (Wildman–Crippen LogP) is 4.71. The molecule has 0 aromatic heterocycles. The molecule has 0 aliphatic rings. The van der Waals surface area contributed by atoms with Gasteiger partial charge in [-0.2, -0.15) is 0 Å². The summed E-state index contributed by atoms with van der Waals surface area (Å²) in [5.74, 6) is 0.531. The summed E-state index contributed by atoms with van der Waals surface area (Å²) in [4.78, 5) is 13.2. The number of rotatable bonds is 8. The van der Waals surface area contributed by atoms with Gasteiger partial charge in [-0.15, -0.1) is 0 Å². The van der Waals surface area contributed by atoms with Crippen LogP contribution >= 0.6 is 0 Å². The Kier molecular flexibility index (Phi) is 7.20. The first-order valence-electron chi connectivity index (χ1n) is 10.4. The van der Waals surface area contributed by atoms with E-state index in [2.05, 4.69) is 5.32 Å². The highest BCUT2D eigenvalue weighted by Crippen LogP contribution is 2.26. The van der Waals surface area contributed by atoms with Crippen LogP contribution in [-0.4, -0.2) is 28.5 Å². The maximum Gasteiger partial charge on any atom is 0.264 e. The number of anilines is 1. The number of nitrogens with zero attached hydrogens (tertiary/aromatic N) is 1. The maximum absolute atomic E-state index is 13.0. The van der Waals surface area contributed by atoms with Crippen molar-refractivity contribution in [2.75, 3.05) is 18.5 Å². The molecule has 0 fully saturated rings. The number of nitrogens with one attached hydrogen (secondary N) is 1. The molecule has 3 aromatic carbocycles. The van der Waals surface area contributed by atoms with Crippen molar-refractivity contribution in [1.29, 1.82) is 0 Å². The molecular weight excluding hydrogens is 424 g/mol. The van der Waals surface area contributed by atoms with E-state index in [1.807, 2.05) is 32.0 Å². The zero-order chi connectivity index (χ0) is 23.3. The monoisotopic (exact) mass is 452 g/mol. The maximum atomic E-state index is 13.0. The lowest BCUT2D eigenvalue weighted by Crippen LogP contribution is -2.29. The zero-order valence-electron chi connectivity index (χ0n) is 18.7. The Labute approximate surface area is 189 Å². The summed E-state index contributed by atoms with van der Waals surface area (Å²) in [5.41, 5.74) is 2.78. The molecule has 6 nitrogen and oxygen atoms in total. The minimum absolute atomic E-state index is 0.179. The molecule has 32 heavy (non-hydrogen) atoms. The number of amides is 1. The van der Waals surface area contributed by atoms with Crippen molar-refractivity contribution in [3.63, 3.8) is 0 Å². The lowest BCUT2D eigenvalue weighted by molar-refractivity contribution is 0.0935. The number of hydrogen-bond acceptors (Lipinski definition) is 4. The summed E-state index contributed by atoms with van der Waals surface area (Å²) in [7, 11) is -0.618. The van der Waals surface area contributed by atoms with Crippen LogP contribution in [0.25, 0.3) is 0 Å². The summed E-state index contributed by atoms with van der Waals surface area (Å²) in [5, 5.41) is 3.05. The summed E-state index contributed by atoms with van der Waals surface area (Å²) < 4.78 is 32.3. The Bertz CT molecular complexity index is 1190. The van der Waals surface area contributed by atoms with E-state index in [1.165, 1.54) is 11.4 Å². The van der Waals surface area contributed by atoms with E-state index in [1.54, 1.807) is 61.7 Å². The highest BCUT2D eigenvalue weighted by atomic mass is 32.2. The lowest BCUT2D eigenvalue weighted by Gasteiger charge is -2.21. The second-order valence-electron chi connectivity index (χ2n) is 7.50. The van der Waals surface area contributed by atoms with Crippen LogP contribution in [0.3, 0.4) is 0 Å². The molecular formula is C25H28N2O4S. The number of hydrogen-bond donors (Lipinski definition) is 1. The third kappa shape index (κ3) is 4.94. The minimum atomic E-state index is -3.73. The first kappa shape index (κ1) is 23.3. The molecule has 0 radical (unpaired) electrons. The topological polar surface area (TPSA) is 75.7 Å². The molecule has 0 bridgehead atoms. The van der Waals surface area contributed by atoms with Gasteiger partial charge in [-0.25, -0.2) is 8.42 Å². The Morgan fingerprint density at radius 1 is 1.03 bits per heavy atom. The van der Waals surface area contributed by atoms with Crippen molar-refractivity contribution in [2.45, 2.75) is 31.2 Å². The van der Waals surface area contributed by atoms with Crippen LogP contribution in [0, 0.1) is 6.92 Å². The largest absolute Gasteiger partial charge is 0.496 e. The van der Waals surface area contributed by atoms with Gasteiger partial charge in [0.1, 0.15) is 5.75 Å². The van der Waals surface area contributed by atoms with Gasteiger partial charge < -0.3 is 10.1 Å². The molecule has 0 aliphatic carbocycles. The Morgan fingerprint density at radius 2 is 1.75 bits per heavy atom. The zero-order valence-corrected chi connectivity index (χ0v) is 19.5. The predicted molar refractivity (Wildman–Crippen MR) is 127 cm³/mol. The van der Waals surface area contributed by atoms with Crippen molar-refractivity contribution in [2.24, 2.45) is 0 Å². The average Bonchev–Trinajstić information content (AvgIpc) is 2.82. The fraction of sp³-hybridized carbons (Fsp3) is 0.240. The second kappa shape index (κ2) is 9.87. The van der Waals surface area contributed by atoms with Crippen LogP contribution in [0.4, 0.5) is 5.69 Å². The standard InChI is InChI=1S/C25H28N2O4S/c1-5-23(19-14-15-24(31-4)18(2)16-19)26-25(28)20-10-9-11-21(17-20)27(3)32(29,30)22-12-7-6-8-13-22/h6-17,23H,5H2,1-4H3,(H,26,28)/t23-/m0/s1. The molecule has 0 spiro atoms. The number of methoxy groups -OCH3 is 1. The third-order valence-corrected chi connectivity index (χ3v) is 7.21. The van der Waals surface area contributed by atoms with Crippen LogP contribution in [0.15, 0.2) is 77.7 Å². The number of aryl methyl sites for hydroxylation is 1. The smallest absolute Gasteiger partial charge is 0.264 e. The van der Waals surface area contributed by atoms with E-state index in [0.717, 1.165) is 16.9 Å². The normalized spacial score (nSPS) is 12.1. The molecule has 0 heterocycles. The number of carbonyl (C=O) groups excluding carboxylic acids is 1. The molecule has 1 amide bonds. The van der Waals surface area contributed by atoms with Gasteiger partial charge in [0.15, 0.2) is 0 Å². The Balaban J connectivity index is 1.82. The first-order chi connectivity index (χ1) is 15.3. The van der Waals surface area contributed by atoms with Crippen molar-refractivity contribution in [3.8, 4) is 5.75 Å². The van der Waals surface area contributed by atoms with Gasteiger partial charge in [-0.3, -0.25) is 9.10 Å². The molecule has 3 aromatic rings. The lowest BCUT2D eigenvalue weighted by atomic mass is 10.0. The van der Waals surface area contributed by atoms with Gasteiger partial charge >= 0.3 is 0 Å². The van der Waals surface area contributed by atoms with E-state index in [0.29, 0.717) is 17.7 Å². The van der Waals surface area contributed by atoms with E-state index in [9.17, 15) is 13.2 Å². The molecule has 1 atom stereocenters. The van der Waals surface area contributed by atoms with E-state index in [4.69, 9.17) is 4.74 Å². The average molecular weight is 453 g/mol. The van der Waals surface area contributed by atoms with Crippen LogP contribution in [0.2, 0.25) is 0 Å². The highest BCUT2D eigenvalue weighted by Gasteiger charge is 2.22. The number of benzene rings is 3. The first-order valence-corrected chi connectivity index (χ1v) is 11.8. The van der Waals surface area contributed by atoms with Gasteiger partial charge in [-0.1, -0.05) is 43.3 Å². The molecule has 168 valence electrons. The molecule has 0 saturated carbocycles. The van der Waals surface area contributed by atoms with Crippen molar-refractivity contribution < 1.29 is 17.9 Å². The summed E-state index contributed by atoms with van der Waals surface area (Å²) >= 11 is 0. The molecule has 1 N–H and O–H groups in total. The van der Waals surface area contributed by atoms with Crippen molar-refractivity contribution in [3.05, 3.63) is 89.5 Å². The van der Waals surface area contributed by atoms with E-state index < -0.39 is 10.0 Å².